The molecule has 0 aromatic heterocycles. The third kappa shape index (κ3) is 14.2. The molecule has 4 N–H and O–H groups in total. The Hall–Kier alpha value is -0.730. The van der Waals surface area contributed by atoms with Crippen LogP contribution in [0.1, 0.15) is 60.8 Å². The molecule has 1 unspecified atom stereocenters. The van der Waals surface area contributed by atoms with E-state index in [1.165, 1.54) is 0 Å². The van der Waals surface area contributed by atoms with Gasteiger partial charge in [-0.15, -0.1) is 24.0 Å². The van der Waals surface area contributed by atoms with Gasteiger partial charge in [-0.3, -0.25) is 0 Å². The molecule has 1 atom stereocenters. The Morgan fingerprint density at radius 3 is 2.36 bits per heavy atom. The zero-order valence-electron chi connectivity index (χ0n) is 14.7. The smallest absolute Gasteiger partial charge is 0.407 e. The van der Waals surface area contributed by atoms with Crippen molar-refractivity contribution in [1.29, 1.82) is 0 Å². The van der Waals surface area contributed by atoms with E-state index in [2.05, 4.69) is 22.5 Å². The summed E-state index contributed by atoms with van der Waals surface area (Å²) in [4.78, 5) is 16.1. The molecule has 0 aliphatic rings. The molecule has 1 amide bonds. The number of carbonyl (C=O) groups is 1. The summed E-state index contributed by atoms with van der Waals surface area (Å²) in [6.07, 6.45) is 2.58. The van der Waals surface area contributed by atoms with E-state index < -0.39 is 11.7 Å². The molecule has 0 aromatic rings. The number of ether oxygens (including phenoxy) is 1. The van der Waals surface area contributed by atoms with Crippen molar-refractivity contribution in [2.24, 2.45) is 10.7 Å². The number of carbonyl (C=O) groups excluding carboxylic acids is 1. The van der Waals surface area contributed by atoms with Crippen molar-refractivity contribution in [1.82, 2.24) is 10.6 Å². The van der Waals surface area contributed by atoms with Gasteiger partial charge in [0.2, 0.25) is 0 Å². The van der Waals surface area contributed by atoms with E-state index in [0.29, 0.717) is 12.5 Å². The summed E-state index contributed by atoms with van der Waals surface area (Å²) in [5.74, 6) is 0.414. The predicted octanol–water partition coefficient (Wildman–Crippen LogP) is 3.00. The fourth-order valence-corrected chi connectivity index (χ4v) is 1.70. The fraction of sp³-hybridized carbons (Fsp3) is 0.867. The van der Waals surface area contributed by atoms with Crippen LogP contribution < -0.4 is 16.4 Å². The van der Waals surface area contributed by atoms with Gasteiger partial charge in [0.05, 0.1) is 6.04 Å². The molecule has 6 nitrogen and oxygen atoms in total. The first-order valence-electron chi connectivity index (χ1n) is 7.70. The Balaban J connectivity index is 0. The van der Waals surface area contributed by atoms with Gasteiger partial charge in [0.15, 0.2) is 5.96 Å². The number of amides is 1. The molecule has 132 valence electrons. The van der Waals surface area contributed by atoms with Gasteiger partial charge in [0, 0.05) is 12.6 Å². The first-order chi connectivity index (χ1) is 9.64. The maximum Gasteiger partial charge on any atom is 0.407 e. The van der Waals surface area contributed by atoms with Crippen LogP contribution >= 0.6 is 24.0 Å². The second kappa shape index (κ2) is 11.8. The van der Waals surface area contributed by atoms with E-state index in [9.17, 15) is 4.79 Å². The van der Waals surface area contributed by atoms with Gasteiger partial charge in [-0.25, -0.2) is 9.79 Å². The van der Waals surface area contributed by atoms with Gasteiger partial charge in [0.1, 0.15) is 5.60 Å². The first kappa shape index (κ1) is 23.5. The van der Waals surface area contributed by atoms with Crippen molar-refractivity contribution in [2.75, 3.05) is 6.54 Å². The van der Waals surface area contributed by atoms with Gasteiger partial charge in [-0.05, 0) is 41.0 Å². The number of halogens is 1. The van der Waals surface area contributed by atoms with Crippen LogP contribution in [-0.2, 0) is 4.74 Å². The number of hydrogen-bond acceptors (Lipinski definition) is 3. The number of nitrogens with zero attached hydrogens (tertiary/aromatic N) is 1. The van der Waals surface area contributed by atoms with Crippen molar-refractivity contribution in [2.45, 2.75) is 78.5 Å². The Labute approximate surface area is 152 Å². The molecule has 0 radical (unpaired) electrons. The van der Waals surface area contributed by atoms with Crippen LogP contribution in [0.4, 0.5) is 4.79 Å². The highest BCUT2D eigenvalue weighted by molar-refractivity contribution is 14.0. The molecule has 0 rings (SSSR count). The average molecular weight is 428 g/mol. The summed E-state index contributed by atoms with van der Waals surface area (Å²) in [5.41, 5.74) is 5.35. The standard InChI is InChI=1S/C15H32N4O2.HI/c1-7-8-9-12(19-13(16)18-11(2)3)10-17-14(20)21-15(4,5)6;/h11-12H,7-10H2,1-6H3,(H,17,20)(H3,16,18,19);1H. The Bertz CT molecular complexity index is 341. The second-order valence-electron chi connectivity index (χ2n) is 6.49. The number of hydrogen-bond donors (Lipinski definition) is 3. The molecule has 0 aliphatic carbocycles. The Kier molecular flexibility index (Phi) is 12.6. The maximum absolute atomic E-state index is 11.7. The van der Waals surface area contributed by atoms with E-state index in [4.69, 9.17) is 10.5 Å². The lowest BCUT2D eigenvalue weighted by molar-refractivity contribution is 0.0524. The monoisotopic (exact) mass is 428 g/mol. The molecule has 0 aromatic carbocycles. The largest absolute Gasteiger partial charge is 0.444 e. The first-order valence-corrected chi connectivity index (χ1v) is 7.70. The number of aliphatic imine (C=N–C) groups is 1. The number of alkyl carbamates (subject to hydrolysis) is 1. The summed E-state index contributed by atoms with van der Waals surface area (Å²) >= 11 is 0. The zero-order chi connectivity index (χ0) is 16.5. The average Bonchev–Trinajstić information content (AvgIpc) is 2.29. The van der Waals surface area contributed by atoms with Crippen molar-refractivity contribution in [3.63, 3.8) is 0 Å². The molecule has 0 aliphatic heterocycles. The molecule has 0 heterocycles. The summed E-state index contributed by atoms with van der Waals surface area (Å²) in [6.45, 7) is 12.1. The number of unbranched alkanes of at least 4 members (excludes halogenated alkanes) is 1. The Morgan fingerprint density at radius 1 is 1.32 bits per heavy atom. The van der Waals surface area contributed by atoms with Crippen LogP contribution in [0, 0.1) is 0 Å². The molecular weight excluding hydrogens is 395 g/mol. The summed E-state index contributed by atoms with van der Waals surface area (Å²) in [5, 5.41) is 5.81. The molecule has 0 spiro atoms. The summed E-state index contributed by atoms with van der Waals surface area (Å²) in [7, 11) is 0. The van der Waals surface area contributed by atoms with Crippen LogP contribution in [0.15, 0.2) is 4.99 Å². The highest BCUT2D eigenvalue weighted by atomic mass is 127. The molecule has 7 heteroatoms. The molecule has 22 heavy (non-hydrogen) atoms. The lowest BCUT2D eigenvalue weighted by Crippen LogP contribution is -2.40. The van der Waals surface area contributed by atoms with Crippen LogP contribution in [0.5, 0.6) is 0 Å². The summed E-state index contributed by atoms with van der Waals surface area (Å²) < 4.78 is 5.22. The summed E-state index contributed by atoms with van der Waals surface area (Å²) in [6, 6.07) is 0.197. The zero-order valence-corrected chi connectivity index (χ0v) is 17.1. The van der Waals surface area contributed by atoms with E-state index in [0.717, 1.165) is 19.3 Å². The quantitative estimate of drug-likeness (QED) is 0.331. The third-order valence-electron chi connectivity index (χ3n) is 2.53. The highest BCUT2D eigenvalue weighted by Crippen LogP contribution is 2.07. The van der Waals surface area contributed by atoms with Crippen molar-refractivity contribution < 1.29 is 9.53 Å². The third-order valence-corrected chi connectivity index (χ3v) is 2.53. The van der Waals surface area contributed by atoms with E-state index >= 15 is 0 Å². The van der Waals surface area contributed by atoms with Crippen LogP contribution in [0.2, 0.25) is 0 Å². The van der Waals surface area contributed by atoms with Crippen LogP contribution in [0.3, 0.4) is 0 Å². The highest BCUT2D eigenvalue weighted by Gasteiger charge is 2.17. The van der Waals surface area contributed by atoms with Crippen LogP contribution in [0.25, 0.3) is 0 Å². The lowest BCUT2D eigenvalue weighted by atomic mass is 10.1. The second-order valence-corrected chi connectivity index (χ2v) is 6.49. The van der Waals surface area contributed by atoms with E-state index in [1.807, 2.05) is 34.6 Å². The van der Waals surface area contributed by atoms with Crippen molar-refractivity contribution >= 4 is 36.0 Å². The minimum Gasteiger partial charge on any atom is -0.444 e. The lowest BCUT2D eigenvalue weighted by Gasteiger charge is -2.21. The Morgan fingerprint density at radius 2 is 1.91 bits per heavy atom. The minimum absolute atomic E-state index is 0. The van der Waals surface area contributed by atoms with Gasteiger partial charge >= 0.3 is 6.09 Å². The van der Waals surface area contributed by atoms with Crippen molar-refractivity contribution in [3.05, 3.63) is 0 Å². The van der Waals surface area contributed by atoms with Crippen LogP contribution in [-0.4, -0.2) is 36.3 Å². The SMILES string of the molecule is CCCCC(CNC(=O)OC(C)(C)C)N=C(N)NC(C)C.I. The molecule has 0 saturated carbocycles. The van der Waals surface area contributed by atoms with Gasteiger partial charge in [0.25, 0.3) is 0 Å². The molecular formula is C15H33IN4O2. The fourth-order valence-electron chi connectivity index (χ4n) is 1.70. The van der Waals surface area contributed by atoms with Gasteiger partial charge < -0.3 is 21.1 Å². The topological polar surface area (TPSA) is 88.7 Å². The van der Waals surface area contributed by atoms with Gasteiger partial charge in [-0.1, -0.05) is 19.8 Å². The molecule has 0 fully saturated rings. The van der Waals surface area contributed by atoms with Crippen molar-refractivity contribution in [3.8, 4) is 0 Å². The maximum atomic E-state index is 11.7. The van der Waals surface area contributed by atoms with Gasteiger partial charge in [-0.2, -0.15) is 0 Å². The number of guanidine groups is 1. The van der Waals surface area contributed by atoms with E-state index in [1.54, 1.807) is 0 Å². The normalized spacial score (nSPS) is 13.3. The minimum atomic E-state index is -0.496. The number of nitrogens with one attached hydrogen (secondary N) is 2. The number of nitrogens with two attached hydrogens (primary N) is 1. The van der Waals surface area contributed by atoms with E-state index in [-0.39, 0.29) is 36.1 Å². The predicted molar refractivity (Wildman–Crippen MR) is 103 cm³/mol. The molecule has 0 saturated heterocycles. The molecule has 0 bridgehead atoms. The number of rotatable bonds is 7.